The molecule has 0 aromatic heterocycles. The van der Waals surface area contributed by atoms with E-state index in [9.17, 15) is 21.6 Å². The lowest BCUT2D eigenvalue weighted by molar-refractivity contribution is -0.139. The second-order valence-corrected chi connectivity index (χ2v) is 6.36. The van der Waals surface area contributed by atoms with E-state index in [1.165, 1.54) is 6.07 Å². The molecule has 0 heterocycles. The predicted octanol–water partition coefficient (Wildman–Crippen LogP) is 3.05. The van der Waals surface area contributed by atoms with Crippen LogP contribution in [0, 0.1) is 0 Å². The smallest absolute Gasteiger partial charge is 0.420 e. The number of methoxy groups -OCH3 is 2. The van der Waals surface area contributed by atoms with Crippen molar-refractivity contribution < 1.29 is 31.1 Å². The lowest BCUT2D eigenvalue weighted by Gasteiger charge is -2.15. The number of benzene rings is 1. The van der Waals surface area contributed by atoms with Crippen molar-refractivity contribution in [3.63, 3.8) is 0 Å². The first-order chi connectivity index (χ1) is 9.06. The summed E-state index contributed by atoms with van der Waals surface area (Å²) in [6.45, 7) is 0. The van der Waals surface area contributed by atoms with E-state index in [4.69, 9.17) is 10.7 Å². The summed E-state index contributed by atoms with van der Waals surface area (Å²) in [7, 11) is 5.20. The number of hydrogen-bond donors (Lipinski definition) is 0. The van der Waals surface area contributed by atoms with E-state index >= 15 is 0 Å². The Morgan fingerprint density at radius 2 is 1.70 bits per heavy atom. The van der Waals surface area contributed by atoms with Gasteiger partial charge in [-0.25, -0.2) is 8.42 Å². The molecule has 0 N–H and O–H groups in total. The van der Waals surface area contributed by atoms with E-state index in [1.54, 1.807) is 14.2 Å². The molecule has 0 saturated carbocycles. The molecule has 0 amide bonds. The van der Waals surface area contributed by atoms with Crippen molar-refractivity contribution in [3.8, 4) is 5.75 Å². The zero-order valence-electron chi connectivity index (χ0n) is 11.0. The fraction of sp³-hybridized carbons (Fsp3) is 0.455. The Balaban J connectivity index is 0.00000110. The summed E-state index contributed by atoms with van der Waals surface area (Å²) in [5.41, 5.74) is -1.56. The van der Waals surface area contributed by atoms with E-state index in [0.29, 0.717) is 0 Å². The Labute approximate surface area is 119 Å². The van der Waals surface area contributed by atoms with Gasteiger partial charge in [0.1, 0.15) is 11.3 Å². The van der Waals surface area contributed by atoms with Crippen LogP contribution < -0.4 is 4.74 Å². The molecule has 0 aliphatic heterocycles. The molecular weight excluding hydrogens is 321 g/mol. The Morgan fingerprint density at radius 3 is 2.05 bits per heavy atom. The van der Waals surface area contributed by atoms with E-state index in [2.05, 4.69) is 9.47 Å². The normalized spacial score (nSPS) is 11.6. The lowest BCUT2D eigenvalue weighted by Crippen LogP contribution is -2.12. The van der Waals surface area contributed by atoms with Crippen molar-refractivity contribution >= 4 is 19.7 Å². The zero-order chi connectivity index (χ0) is 16.0. The highest BCUT2D eigenvalue weighted by atomic mass is 35.7. The van der Waals surface area contributed by atoms with E-state index < -0.39 is 37.9 Å². The second-order valence-electron chi connectivity index (χ2n) is 3.58. The van der Waals surface area contributed by atoms with Crippen LogP contribution in [0.4, 0.5) is 13.2 Å². The first kappa shape index (κ1) is 19.0. The standard InChI is InChI=1S/C9H8ClF3O3S.C2H6O/c1-16-7-4-2-3-6(5-17(10,14)15)8(7)9(11,12)13;1-3-2/h2-4H,5H2,1H3;1-2H3. The molecule has 0 spiro atoms. The van der Waals surface area contributed by atoms with Gasteiger partial charge in [-0.2, -0.15) is 13.2 Å². The Kier molecular flexibility index (Phi) is 7.32. The van der Waals surface area contributed by atoms with Crippen LogP contribution in [0.2, 0.25) is 0 Å². The Morgan fingerprint density at radius 1 is 1.20 bits per heavy atom. The molecule has 0 radical (unpaired) electrons. The quantitative estimate of drug-likeness (QED) is 0.797. The number of halogens is 4. The molecule has 0 fully saturated rings. The van der Waals surface area contributed by atoms with Gasteiger partial charge in [0.15, 0.2) is 0 Å². The fourth-order valence-electron chi connectivity index (χ4n) is 1.37. The van der Waals surface area contributed by atoms with Gasteiger partial charge in [0.05, 0.1) is 12.9 Å². The first-order valence-electron chi connectivity index (χ1n) is 5.12. The molecule has 0 saturated heterocycles. The third-order valence-electron chi connectivity index (χ3n) is 1.94. The van der Waals surface area contributed by atoms with Crippen molar-refractivity contribution in [2.24, 2.45) is 0 Å². The molecule has 0 unspecified atom stereocenters. The molecule has 0 atom stereocenters. The minimum atomic E-state index is -4.70. The SMILES string of the molecule is COC.COc1cccc(CS(=O)(=O)Cl)c1C(F)(F)F. The number of ether oxygens (including phenoxy) is 2. The summed E-state index contributed by atoms with van der Waals surface area (Å²) in [5, 5.41) is 0. The van der Waals surface area contributed by atoms with Crippen LogP contribution in [0.25, 0.3) is 0 Å². The average molecular weight is 335 g/mol. The molecule has 1 rings (SSSR count). The van der Waals surface area contributed by atoms with Gasteiger partial charge in [-0.3, -0.25) is 0 Å². The molecule has 4 nitrogen and oxygen atoms in total. The van der Waals surface area contributed by atoms with Crippen LogP contribution in [0.3, 0.4) is 0 Å². The van der Waals surface area contributed by atoms with E-state index in [1.807, 2.05) is 0 Å². The van der Waals surface area contributed by atoms with Crippen molar-refractivity contribution in [2.45, 2.75) is 11.9 Å². The largest absolute Gasteiger partial charge is 0.496 e. The van der Waals surface area contributed by atoms with Crippen molar-refractivity contribution in [2.75, 3.05) is 21.3 Å². The fourth-order valence-corrected chi connectivity index (χ4v) is 2.34. The van der Waals surface area contributed by atoms with Crippen molar-refractivity contribution in [1.29, 1.82) is 0 Å². The highest BCUT2D eigenvalue weighted by molar-refractivity contribution is 8.13. The third-order valence-corrected chi connectivity index (χ3v) is 2.93. The van der Waals surface area contributed by atoms with Crippen LogP contribution in [-0.4, -0.2) is 29.7 Å². The first-order valence-corrected chi connectivity index (χ1v) is 7.60. The summed E-state index contributed by atoms with van der Waals surface area (Å²) in [4.78, 5) is 0. The Bertz CT molecular complexity index is 529. The highest BCUT2D eigenvalue weighted by Crippen LogP contribution is 2.39. The van der Waals surface area contributed by atoms with Crippen LogP contribution in [-0.2, 0) is 25.7 Å². The van der Waals surface area contributed by atoms with Crippen LogP contribution in [0.15, 0.2) is 18.2 Å². The van der Waals surface area contributed by atoms with Gasteiger partial charge in [-0.15, -0.1) is 0 Å². The van der Waals surface area contributed by atoms with Crippen molar-refractivity contribution in [3.05, 3.63) is 29.3 Å². The van der Waals surface area contributed by atoms with Crippen molar-refractivity contribution in [1.82, 2.24) is 0 Å². The molecule has 1 aromatic carbocycles. The molecule has 20 heavy (non-hydrogen) atoms. The summed E-state index contributed by atoms with van der Waals surface area (Å²) < 4.78 is 68.8. The monoisotopic (exact) mass is 334 g/mol. The third kappa shape index (κ3) is 6.44. The minimum Gasteiger partial charge on any atom is -0.496 e. The summed E-state index contributed by atoms with van der Waals surface area (Å²) in [5.74, 6) is -1.34. The van der Waals surface area contributed by atoms with Gasteiger partial charge in [-0.05, 0) is 11.6 Å². The molecule has 1 aromatic rings. The maximum absolute atomic E-state index is 12.8. The van der Waals surface area contributed by atoms with Crippen LogP contribution in [0.1, 0.15) is 11.1 Å². The molecular formula is C11H14ClF3O4S. The van der Waals surface area contributed by atoms with Crippen LogP contribution in [0.5, 0.6) is 5.75 Å². The maximum Gasteiger partial charge on any atom is 0.420 e. The molecule has 9 heteroatoms. The summed E-state index contributed by atoms with van der Waals surface area (Å²) in [6.07, 6.45) is -4.70. The van der Waals surface area contributed by atoms with Gasteiger partial charge >= 0.3 is 6.18 Å². The number of hydrogen-bond acceptors (Lipinski definition) is 4. The molecule has 0 aliphatic carbocycles. The van der Waals surface area contributed by atoms with Gasteiger partial charge in [0.25, 0.3) is 0 Å². The van der Waals surface area contributed by atoms with Gasteiger partial charge < -0.3 is 9.47 Å². The second kappa shape index (κ2) is 7.70. The average Bonchev–Trinajstić information content (AvgIpc) is 2.25. The number of rotatable bonds is 3. The van der Waals surface area contributed by atoms with Gasteiger partial charge in [-0.1, -0.05) is 12.1 Å². The van der Waals surface area contributed by atoms with E-state index in [-0.39, 0.29) is 0 Å². The van der Waals surface area contributed by atoms with Crippen LogP contribution >= 0.6 is 10.7 Å². The maximum atomic E-state index is 12.8. The minimum absolute atomic E-state index is 0.435. The summed E-state index contributed by atoms with van der Waals surface area (Å²) >= 11 is 0. The van der Waals surface area contributed by atoms with Gasteiger partial charge in [0.2, 0.25) is 9.05 Å². The molecule has 116 valence electrons. The van der Waals surface area contributed by atoms with Gasteiger partial charge in [0, 0.05) is 24.9 Å². The lowest BCUT2D eigenvalue weighted by atomic mass is 10.1. The zero-order valence-corrected chi connectivity index (χ0v) is 12.6. The number of alkyl halides is 3. The summed E-state index contributed by atoms with van der Waals surface area (Å²) in [6, 6.07) is 3.42. The van der Waals surface area contributed by atoms with E-state index in [0.717, 1.165) is 19.2 Å². The predicted molar refractivity (Wildman–Crippen MR) is 69.4 cm³/mol. The Hall–Kier alpha value is -0.990. The topological polar surface area (TPSA) is 52.6 Å². The highest BCUT2D eigenvalue weighted by Gasteiger charge is 2.37. The molecule has 0 aliphatic rings. The molecule has 0 bridgehead atoms.